The standard InChI is InChI=1S/C5H10ClNO2/c1-3(6)2-4(7)5(8)9/h3-4H,2,7H2,1H3,(H,8,9)/t3-,4-/m0/s1. The highest BCUT2D eigenvalue weighted by atomic mass is 35.5. The smallest absolute Gasteiger partial charge is 0.320 e. The summed E-state index contributed by atoms with van der Waals surface area (Å²) in [5.41, 5.74) is 5.13. The van der Waals surface area contributed by atoms with Crippen LogP contribution < -0.4 is 5.73 Å². The summed E-state index contributed by atoms with van der Waals surface area (Å²) in [7, 11) is 0. The average Bonchev–Trinajstić information content (AvgIpc) is 1.63. The molecule has 0 aromatic rings. The summed E-state index contributed by atoms with van der Waals surface area (Å²) >= 11 is 5.47. The molecule has 9 heavy (non-hydrogen) atoms. The second-order valence-electron chi connectivity index (χ2n) is 1.96. The average molecular weight is 152 g/mol. The highest BCUT2D eigenvalue weighted by Crippen LogP contribution is 2.02. The molecular weight excluding hydrogens is 142 g/mol. The maximum atomic E-state index is 10.1. The molecule has 0 aliphatic rings. The van der Waals surface area contributed by atoms with E-state index in [1.807, 2.05) is 0 Å². The van der Waals surface area contributed by atoms with Crippen molar-refractivity contribution in [1.29, 1.82) is 0 Å². The summed E-state index contributed by atoms with van der Waals surface area (Å²) in [6.07, 6.45) is 0.316. The molecule has 0 fully saturated rings. The monoisotopic (exact) mass is 151 g/mol. The Morgan fingerprint density at radius 3 is 2.44 bits per heavy atom. The molecule has 0 rings (SSSR count). The Morgan fingerprint density at radius 1 is 1.89 bits per heavy atom. The predicted octanol–water partition coefficient (Wildman–Crippen LogP) is 0.416. The van der Waals surface area contributed by atoms with Gasteiger partial charge in [-0.05, 0) is 13.3 Å². The number of carboxylic acid groups (broad SMARTS) is 1. The molecule has 0 bridgehead atoms. The van der Waals surface area contributed by atoms with Gasteiger partial charge in [-0.2, -0.15) is 0 Å². The van der Waals surface area contributed by atoms with E-state index in [1.165, 1.54) is 0 Å². The van der Waals surface area contributed by atoms with Crippen LogP contribution in [0.25, 0.3) is 0 Å². The minimum atomic E-state index is -0.998. The van der Waals surface area contributed by atoms with Crippen LogP contribution >= 0.6 is 11.6 Å². The zero-order chi connectivity index (χ0) is 7.44. The van der Waals surface area contributed by atoms with Gasteiger partial charge in [-0.1, -0.05) is 0 Å². The highest BCUT2D eigenvalue weighted by Gasteiger charge is 2.13. The maximum Gasteiger partial charge on any atom is 0.320 e. The summed E-state index contributed by atoms with van der Waals surface area (Å²) in [5, 5.41) is 8.08. The molecule has 2 atom stereocenters. The number of rotatable bonds is 3. The number of hydrogen-bond donors (Lipinski definition) is 2. The van der Waals surface area contributed by atoms with Gasteiger partial charge in [0.05, 0.1) is 0 Å². The fraction of sp³-hybridized carbons (Fsp3) is 0.800. The van der Waals surface area contributed by atoms with Gasteiger partial charge >= 0.3 is 5.97 Å². The first-order valence-corrected chi connectivity index (χ1v) is 3.10. The molecule has 0 spiro atoms. The molecule has 0 saturated heterocycles. The number of hydrogen-bond acceptors (Lipinski definition) is 2. The minimum absolute atomic E-state index is 0.170. The van der Waals surface area contributed by atoms with Crippen LogP contribution in [0.3, 0.4) is 0 Å². The van der Waals surface area contributed by atoms with Crippen molar-refractivity contribution in [1.82, 2.24) is 0 Å². The molecule has 0 radical (unpaired) electrons. The SMILES string of the molecule is C[C@H](Cl)C[C@H](N)C(=O)O. The lowest BCUT2D eigenvalue weighted by Crippen LogP contribution is -2.31. The number of nitrogens with two attached hydrogens (primary N) is 1. The second kappa shape index (κ2) is 3.69. The van der Waals surface area contributed by atoms with Crippen molar-refractivity contribution in [2.45, 2.75) is 24.8 Å². The third-order valence-corrected chi connectivity index (χ3v) is 1.07. The molecule has 0 aliphatic heterocycles. The van der Waals surface area contributed by atoms with Gasteiger partial charge in [0.2, 0.25) is 0 Å². The van der Waals surface area contributed by atoms with Crippen LogP contribution in [0.2, 0.25) is 0 Å². The number of alkyl halides is 1. The van der Waals surface area contributed by atoms with Crippen LogP contribution in [-0.2, 0) is 4.79 Å². The van der Waals surface area contributed by atoms with Gasteiger partial charge in [0.1, 0.15) is 6.04 Å². The maximum absolute atomic E-state index is 10.1. The van der Waals surface area contributed by atoms with Crippen LogP contribution in [-0.4, -0.2) is 22.5 Å². The summed E-state index contributed by atoms with van der Waals surface area (Å²) < 4.78 is 0. The molecular formula is C5H10ClNO2. The molecule has 0 heterocycles. The summed E-state index contributed by atoms with van der Waals surface area (Å²) in [5.74, 6) is -0.998. The van der Waals surface area contributed by atoms with E-state index in [-0.39, 0.29) is 5.38 Å². The van der Waals surface area contributed by atoms with Crippen LogP contribution in [0.15, 0.2) is 0 Å². The number of carbonyl (C=O) groups is 1. The van der Waals surface area contributed by atoms with Crippen molar-refractivity contribution in [3.63, 3.8) is 0 Å². The first-order valence-electron chi connectivity index (χ1n) is 2.66. The Morgan fingerprint density at radius 2 is 2.33 bits per heavy atom. The molecule has 3 N–H and O–H groups in total. The van der Waals surface area contributed by atoms with E-state index in [0.717, 1.165) is 0 Å². The van der Waals surface area contributed by atoms with Crippen LogP contribution in [0.1, 0.15) is 13.3 Å². The first-order chi connectivity index (χ1) is 4.04. The Bertz CT molecular complexity index is 105. The van der Waals surface area contributed by atoms with Crippen LogP contribution in [0, 0.1) is 0 Å². The van der Waals surface area contributed by atoms with Gasteiger partial charge in [0, 0.05) is 5.38 Å². The zero-order valence-corrected chi connectivity index (χ0v) is 5.93. The van der Waals surface area contributed by atoms with E-state index in [2.05, 4.69) is 0 Å². The molecule has 3 nitrogen and oxygen atoms in total. The summed E-state index contributed by atoms with van der Waals surface area (Å²) in [4.78, 5) is 10.1. The van der Waals surface area contributed by atoms with E-state index in [1.54, 1.807) is 6.92 Å². The van der Waals surface area contributed by atoms with Gasteiger partial charge in [0.25, 0.3) is 0 Å². The molecule has 0 aromatic heterocycles. The summed E-state index contributed by atoms with van der Waals surface area (Å²) in [6.45, 7) is 1.71. The minimum Gasteiger partial charge on any atom is -0.480 e. The van der Waals surface area contributed by atoms with Gasteiger partial charge in [-0.3, -0.25) is 4.79 Å². The Balaban J connectivity index is 3.50. The van der Waals surface area contributed by atoms with E-state index in [9.17, 15) is 4.79 Å². The Labute approximate surface area is 58.8 Å². The van der Waals surface area contributed by atoms with Crippen LogP contribution in [0.4, 0.5) is 0 Å². The van der Waals surface area contributed by atoms with Crippen molar-refractivity contribution in [3.05, 3.63) is 0 Å². The number of halogens is 1. The molecule has 0 aliphatic carbocycles. The lowest BCUT2D eigenvalue weighted by atomic mass is 10.2. The van der Waals surface area contributed by atoms with Gasteiger partial charge in [-0.15, -0.1) is 11.6 Å². The van der Waals surface area contributed by atoms with Gasteiger partial charge in [-0.25, -0.2) is 0 Å². The molecule has 0 saturated carbocycles. The summed E-state index contributed by atoms with van der Waals surface area (Å²) in [6, 6.07) is -0.822. The van der Waals surface area contributed by atoms with Crippen molar-refractivity contribution in [2.24, 2.45) is 5.73 Å². The van der Waals surface area contributed by atoms with Gasteiger partial charge in [0.15, 0.2) is 0 Å². The zero-order valence-electron chi connectivity index (χ0n) is 5.17. The van der Waals surface area contributed by atoms with Crippen molar-refractivity contribution in [3.8, 4) is 0 Å². The van der Waals surface area contributed by atoms with Crippen molar-refractivity contribution >= 4 is 17.6 Å². The van der Waals surface area contributed by atoms with E-state index in [4.69, 9.17) is 22.4 Å². The lowest BCUT2D eigenvalue weighted by molar-refractivity contribution is -0.138. The third kappa shape index (κ3) is 4.24. The fourth-order valence-corrected chi connectivity index (χ4v) is 0.643. The number of aliphatic carboxylic acids is 1. The van der Waals surface area contributed by atoms with E-state index < -0.39 is 12.0 Å². The second-order valence-corrected chi connectivity index (χ2v) is 2.71. The van der Waals surface area contributed by atoms with E-state index >= 15 is 0 Å². The largest absolute Gasteiger partial charge is 0.480 e. The van der Waals surface area contributed by atoms with Crippen LogP contribution in [0.5, 0.6) is 0 Å². The highest BCUT2D eigenvalue weighted by molar-refractivity contribution is 6.20. The Kier molecular flexibility index (Phi) is 3.58. The first kappa shape index (κ1) is 8.72. The molecule has 0 aromatic carbocycles. The third-order valence-electron chi connectivity index (χ3n) is 0.896. The molecule has 0 unspecified atom stereocenters. The van der Waals surface area contributed by atoms with Gasteiger partial charge < -0.3 is 10.8 Å². The molecule has 4 heteroatoms. The van der Waals surface area contributed by atoms with E-state index in [0.29, 0.717) is 6.42 Å². The molecule has 0 amide bonds. The number of carboxylic acids is 1. The quantitative estimate of drug-likeness (QED) is 0.575. The fourth-order valence-electron chi connectivity index (χ4n) is 0.451. The predicted molar refractivity (Wildman–Crippen MR) is 35.5 cm³/mol. The normalized spacial score (nSPS) is 16.8. The molecule has 54 valence electrons. The lowest BCUT2D eigenvalue weighted by Gasteiger charge is -2.05. The van der Waals surface area contributed by atoms with Crippen molar-refractivity contribution in [2.75, 3.05) is 0 Å². The van der Waals surface area contributed by atoms with Crippen molar-refractivity contribution < 1.29 is 9.90 Å². The Hall–Kier alpha value is -0.280. The topological polar surface area (TPSA) is 63.3 Å².